The van der Waals surface area contributed by atoms with E-state index in [0.717, 1.165) is 26.2 Å². The summed E-state index contributed by atoms with van der Waals surface area (Å²) in [6.07, 6.45) is 0. The van der Waals surface area contributed by atoms with E-state index in [9.17, 15) is 0 Å². The van der Waals surface area contributed by atoms with E-state index >= 15 is 0 Å². The van der Waals surface area contributed by atoms with Gasteiger partial charge in [0.2, 0.25) is 0 Å². The molecule has 1 aliphatic heterocycles. The summed E-state index contributed by atoms with van der Waals surface area (Å²) >= 11 is 1.82. The molecule has 2 atom stereocenters. The lowest BCUT2D eigenvalue weighted by atomic mass is 10.1. The Morgan fingerprint density at radius 1 is 1.53 bits per heavy atom. The van der Waals surface area contributed by atoms with E-state index in [2.05, 4.69) is 41.2 Å². The van der Waals surface area contributed by atoms with Crippen molar-refractivity contribution in [3.63, 3.8) is 0 Å². The van der Waals surface area contributed by atoms with E-state index in [4.69, 9.17) is 5.73 Å². The van der Waals surface area contributed by atoms with Crippen LogP contribution in [0.2, 0.25) is 0 Å². The zero-order chi connectivity index (χ0) is 12.3. The van der Waals surface area contributed by atoms with Crippen molar-refractivity contribution in [2.45, 2.75) is 25.9 Å². The Hall–Kier alpha value is -0.420. The molecule has 3 nitrogen and oxygen atoms in total. The third kappa shape index (κ3) is 2.88. The number of rotatable bonds is 4. The zero-order valence-corrected chi connectivity index (χ0v) is 11.6. The van der Waals surface area contributed by atoms with Gasteiger partial charge in [-0.15, -0.1) is 11.3 Å². The summed E-state index contributed by atoms with van der Waals surface area (Å²) in [5, 5.41) is 2.14. The van der Waals surface area contributed by atoms with Crippen LogP contribution in [0.4, 0.5) is 0 Å². The minimum Gasteiger partial charge on any atom is -0.329 e. The average molecular weight is 253 g/mol. The molecule has 1 fully saturated rings. The first-order valence-electron chi connectivity index (χ1n) is 6.47. The Balaban J connectivity index is 2.02. The molecule has 1 aromatic heterocycles. The third-order valence-electron chi connectivity index (χ3n) is 3.74. The Bertz CT molecular complexity index is 325. The maximum absolute atomic E-state index is 5.96. The normalized spacial score (nSPS) is 25.0. The summed E-state index contributed by atoms with van der Waals surface area (Å²) in [5.74, 6) is 0. The highest BCUT2D eigenvalue weighted by atomic mass is 32.1. The highest BCUT2D eigenvalue weighted by Crippen LogP contribution is 2.26. The van der Waals surface area contributed by atoms with Gasteiger partial charge in [-0.05, 0) is 24.9 Å². The minimum atomic E-state index is 0.413. The first kappa shape index (κ1) is 13.0. The number of hydrogen-bond donors (Lipinski definition) is 1. The molecule has 0 aliphatic carbocycles. The molecule has 2 N–H and O–H groups in total. The van der Waals surface area contributed by atoms with E-state index in [-0.39, 0.29) is 0 Å². The van der Waals surface area contributed by atoms with E-state index < -0.39 is 0 Å². The SMILES string of the molecule is CCN1CCN(C(CN)c2cccs2)CC1C. The lowest BCUT2D eigenvalue weighted by molar-refractivity contribution is 0.0616. The van der Waals surface area contributed by atoms with Gasteiger partial charge in [-0.1, -0.05) is 13.0 Å². The fourth-order valence-electron chi connectivity index (χ4n) is 2.70. The maximum Gasteiger partial charge on any atom is 0.0565 e. The van der Waals surface area contributed by atoms with Crippen LogP contribution in [0, 0.1) is 0 Å². The second kappa shape index (κ2) is 5.96. The van der Waals surface area contributed by atoms with Crippen molar-refractivity contribution in [2.24, 2.45) is 5.73 Å². The van der Waals surface area contributed by atoms with Crippen molar-refractivity contribution in [3.8, 4) is 0 Å². The molecule has 0 bridgehead atoms. The second-order valence-corrected chi connectivity index (χ2v) is 5.72. The van der Waals surface area contributed by atoms with Gasteiger partial charge in [-0.3, -0.25) is 9.80 Å². The van der Waals surface area contributed by atoms with Gasteiger partial charge in [0.05, 0.1) is 6.04 Å². The first-order chi connectivity index (χ1) is 8.26. The van der Waals surface area contributed by atoms with Gasteiger partial charge in [0, 0.05) is 37.1 Å². The number of piperazine rings is 1. The molecule has 0 spiro atoms. The molecule has 4 heteroatoms. The van der Waals surface area contributed by atoms with Crippen molar-refractivity contribution >= 4 is 11.3 Å². The summed E-state index contributed by atoms with van der Waals surface area (Å²) in [4.78, 5) is 6.49. The predicted octanol–water partition coefficient (Wildman–Crippen LogP) is 1.77. The molecule has 17 heavy (non-hydrogen) atoms. The molecular formula is C13H23N3S. The molecule has 1 aromatic rings. The largest absolute Gasteiger partial charge is 0.329 e. The molecule has 2 heterocycles. The van der Waals surface area contributed by atoms with Crippen molar-refractivity contribution in [1.29, 1.82) is 0 Å². The molecule has 0 amide bonds. The standard InChI is InChI=1S/C13H23N3S/c1-3-15-6-7-16(10-11(15)2)12(9-14)13-5-4-8-17-13/h4-5,8,11-12H,3,6-7,9-10,14H2,1-2H3. The highest BCUT2D eigenvalue weighted by Gasteiger charge is 2.27. The highest BCUT2D eigenvalue weighted by molar-refractivity contribution is 7.10. The van der Waals surface area contributed by atoms with Gasteiger partial charge < -0.3 is 5.73 Å². The summed E-state index contributed by atoms with van der Waals surface area (Å²) in [6.45, 7) is 9.87. The van der Waals surface area contributed by atoms with Gasteiger partial charge in [0.1, 0.15) is 0 Å². The lowest BCUT2D eigenvalue weighted by Gasteiger charge is -2.42. The number of hydrogen-bond acceptors (Lipinski definition) is 4. The van der Waals surface area contributed by atoms with Gasteiger partial charge in [0.15, 0.2) is 0 Å². The number of nitrogens with zero attached hydrogens (tertiary/aromatic N) is 2. The average Bonchev–Trinajstić information content (AvgIpc) is 2.84. The first-order valence-corrected chi connectivity index (χ1v) is 7.35. The van der Waals surface area contributed by atoms with E-state index in [1.165, 1.54) is 11.4 Å². The lowest BCUT2D eigenvalue weighted by Crippen LogP contribution is -2.53. The van der Waals surface area contributed by atoms with Crippen molar-refractivity contribution < 1.29 is 0 Å². The Kier molecular flexibility index (Phi) is 4.56. The predicted molar refractivity (Wildman–Crippen MR) is 74.4 cm³/mol. The van der Waals surface area contributed by atoms with Crippen LogP contribution in [0.25, 0.3) is 0 Å². The smallest absolute Gasteiger partial charge is 0.0565 e. The minimum absolute atomic E-state index is 0.413. The van der Waals surface area contributed by atoms with Crippen LogP contribution in [0.15, 0.2) is 17.5 Å². The number of likely N-dealkylation sites (N-methyl/N-ethyl adjacent to an activating group) is 1. The van der Waals surface area contributed by atoms with Gasteiger partial charge in [-0.2, -0.15) is 0 Å². The fourth-order valence-corrected chi connectivity index (χ4v) is 3.58. The summed E-state index contributed by atoms with van der Waals surface area (Å²) in [5.41, 5.74) is 5.96. The quantitative estimate of drug-likeness (QED) is 0.888. The van der Waals surface area contributed by atoms with Crippen LogP contribution in [-0.4, -0.2) is 48.6 Å². The van der Waals surface area contributed by atoms with Gasteiger partial charge >= 0.3 is 0 Å². The molecule has 2 unspecified atom stereocenters. The molecule has 1 saturated heterocycles. The van der Waals surface area contributed by atoms with Crippen LogP contribution in [0.3, 0.4) is 0 Å². The number of thiophene rings is 1. The van der Waals surface area contributed by atoms with Crippen LogP contribution in [0.1, 0.15) is 24.8 Å². The van der Waals surface area contributed by atoms with Crippen LogP contribution >= 0.6 is 11.3 Å². The monoisotopic (exact) mass is 253 g/mol. The second-order valence-electron chi connectivity index (χ2n) is 4.74. The molecule has 2 rings (SSSR count). The molecular weight excluding hydrogens is 230 g/mol. The van der Waals surface area contributed by atoms with Crippen molar-refractivity contribution in [3.05, 3.63) is 22.4 Å². The van der Waals surface area contributed by atoms with Gasteiger partial charge in [-0.25, -0.2) is 0 Å². The summed E-state index contributed by atoms with van der Waals surface area (Å²) in [7, 11) is 0. The summed E-state index contributed by atoms with van der Waals surface area (Å²) in [6, 6.07) is 5.38. The third-order valence-corrected chi connectivity index (χ3v) is 4.71. The molecule has 0 radical (unpaired) electrons. The Morgan fingerprint density at radius 3 is 2.88 bits per heavy atom. The Labute approximate surface area is 108 Å². The van der Waals surface area contributed by atoms with Crippen molar-refractivity contribution in [1.82, 2.24) is 9.80 Å². The number of nitrogens with two attached hydrogens (primary N) is 1. The van der Waals surface area contributed by atoms with E-state index in [1.54, 1.807) is 0 Å². The molecule has 0 saturated carbocycles. The van der Waals surface area contributed by atoms with Crippen LogP contribution in [0.5, 0.6) is 0 Å². The molecule has 1 aliphatic rings. The van der Waals surface area contributed by atoms with Crippen LogP contribution < -0.4 is 5.73 Å². The zero-order valence-electron chi connectivity index (χ0n) is 10.8. The molecule has 96 valence electrons. The summed E-state index contributed by atoms with van der Waals surface area (Å²) < 4.78 is 0. The van der Waals surface area contributed by atoms with Gasteiger partial charge in [0.25, 0.3) is 0 Å². The fraction of sp³-hybridized carbons (Fsp3) is 0.692. The van der Waals surface area contributed by atoms with E-state index in [1.807, 2.05) is 11.3 Å². The molecule has 0 aromatic carbocycles. The Morgan fingerprint density at radius 2 is 2.35 bits per heavy atom. The maximum atomic E-state index is 5.96. The topological polar surface area (TPSA) is 32.5 Å². The van der Waals surface area contributed by atoms with Crippen LogP contribution in [-0.2, 0) is 0 Å². The van der Waals surface area contributed by atoms with Crippen molar-refractivity contribution in [2.75, 3.05) is 32.7 Å². The van der Waals surface area contributed by atoms with E-state index in [0.29, 0.717) is 12.1 Å².